The lowest BCUT2D eigenvalue weighted by Gasteiger charge is -2.28. The zero-order valence-electron chi connectivity index (χ0n) is 13.3. The fraction of sp³-hybridized carbons (Fsp3) is 0.471. The molecule has 0 atom stereocenters. The molecule has 0 bridgehead atoms. The van der Waals surface area contributed by atoms with Crippen molar-refractivity contribution in [3.8, 4) is 17.1 Å². The Bertz CT molecular complexity index is 617. The molecule has 0 spiro atoms. The van der Waals surface area contributed by atoms with E-state index in [1.165, 1.54) is 0 Å². The van der Waals surface area contributed by atoms with Crippen LogP contribution in [0.1, 0.15) is 32.6 Å². The zero-order valence-corrected chi connectivity index (χ0v) is 13.3. The molecule has 1 aliphatic rings. The first-order valence-corrected chi connectivity index (χ1v) is 8.06. The third-order valence-corrected chi connectivity index (χ3v) is 4.25. The van der Waals surface area contributed by atoms with Gasteiger partial charge in [0.1, 0.15) is 5.75 Å². The molecule has 122 valence electrons. The predicted octanol–water partition coefficient (Wildman–Crippen LogP) is 2.55. The van der Waals surface area contributed by atoms with E-state index in [2.05, 4.69) is 20.5 Å². The van der Waals surface area contributed by atoms with Gasteiger partial charge < -0.3 is 10.1 Å². The summed E-state index contributed by atoms with van der Waals surface area (Å²) >= 11 is 0. The van der Waals surface area contributed by atoms with E-state index in [0.29, 0.717) is 18.6 Å². The maximum atomic E-state index is 11.1. The van der Waals surface area contributed by atoms with Crippen LogP contribution in [0, 0.1) is 5.92 Å². The van der Waals surface area contributed by atoms with E-state index in [0.717, 1.165) is 42.8 Å². The first kappa shape index (κ1) is 15.5. The van der Waals surface area contributed by atoms with Crippen LogP contribution in [-0.2, 0) is 4.79 Å². The van der Waals surface area contributed by atoms with Gasteiger partial charge in [0.05, 0.1) is 24.2 Å². The van der Waals surface area contributed by atoms with Gasteiger partial charge in [0.2, 0.25) is 5.91 Å². The monoisotopic (exact) mass is 314 g/mol. The van der Waals surface area contributed by atoms with Crippen LogP contribution in [0.25, 0.3) is 11.4 Å². The minimum atomic E-state index is 0.0631. The lowest BCUT2D eigenvalue weighted by Crippen LogP contribution is -2.37. The van der Waals surface area contributed by atoms with Gasteiger partial charge in [-0.25, -0.2) is 0 Å². The summed E-state index contributed by atoms with van der Waals surface area (Å²) in [5, 5.41) is 9.81. The molecule has 1 fully saturated rings. The molecule has 1 amide bonds. The number of nitrogens with one attached hydrogen (secondary N) is 2. The Labute approximate surface area is 135 Å². The molecule has 3 rings (SSSR count). The fourth-order valence-electron chi connectivity index (χ4n) is 3.00. The maximum Gasteiger partial charge on any atom is 0.217 e. The van der Waals surface area contributed by atoms with Crippen molar-refractivity contribution in [2.75, 3.05) is 6.61 Å². The summed E-state index contributed by atoms with van der Waals surface area (Å²) in [4.78, 5) is 15.5. The van der Waals surface area contributed by atoms with Crippen molar-refractivity contribution in [2.24, 2.45) is 5.92 Å². The van der Waals surface area contributed by atoms with E-state index in [-0.39, 0.29) is 5.91 Å². The number of hydrogen-bond donors (Lipinski definition) is 2. The molecule has 23 heavy (non-hydrogen) atoms. The Balaban J connectivity index is 1.45. The molecular weight excluding hydrogens is 292 g/mol. The van der Waals surface area contributed by atoms with Crippen LogP contribution in [0.5, 0.6) is 5.75 Å². The summed E-state index contributed by atoms with van der Waals surface area (Å²) in [6, 6.07) is 6.08. The molecule has 0 unspecified atom stereocenters. The highest BCUT2D eigenvalue weighted by Crippen LogP contribution is 2.25. The Morgan fingerprint density at radius 2 is 2.13 bits per heavy atom. The molecule has 6 heteroatoms. The first-order chi connectivity index (χ1) is 11.2. The second-order valence-electron chi connectivity index (χ2n) is 6.08. The van der Waals surface area contributed by atoms with Crippen LogP contribution >= 0.6 is 0 Å². The highest BCUT2D eigenvalue weighted by atomic mass is 16.5. The smallest absolute Gasteiger partial charge is 0.217 e. The number of hydrogen-bond acceptors (Lipinski definition) is 4. The van der Waals surface area contributed by atoms with Gasteiger partial charge in [-0.05, 0) is 49.8 Å². The Morgan fingerprint density at radius 1 is 1.30 bits per heavy atom. The number of aromatic nitrogens is 3. The van der Waals surface area contributed by atoms with Crippen molar-refractivity contribution < 1.29 is 9.53 Å². The highest BCUT2D eigenvalue weighted by Gasteiger charge is 2.22. The summed E-state index contributed by atoms with van der Waals surface area (Å²) in [7, 11) is 0. The number of amides is 1. The van der Waals surface area contributed by atoms with Gasteiger partial charge in [0.25, 0.3) is 0 Å². The molecule has 0 saturated heterocycles. The van der Waals surface area contributed by atoms with Crippen molar-refractivity contribution in [3.05, 3.63) is 30.6 Å². The van der Waals surface area contributed by atoms with E-state index in [9.17, 15) is 4.79 Å². The Morgan fingerprint density at radius 3 is 2.74 bits per heavy atom. The zero-order chi connectivity index (χ0) is 16.1. The molecule has 2 N–H and O–H groups in total. The van der Waals surface area contributed by atoms with Crippen molar-refractivity contribution in [3.63, 3.8) is 0 Å². The van der Waals surface area contributed by atoms with Crippen LogP contribution in [-0.4, -0.2) is 33.7 Å². The molecule has 2 aromatic rings. The van der Waals surface area contributed by atoms with E-state index in [4.69, 9.17) is 4.74 Å². The average molecular weight is 314 g/mol. The van der Waals surface area contributed by atoms with Gasteiger partial charge in [-0.2, -0.15) is 5.10 Å². The summed E-state index contributed by atoms with van der Waals surface area (Å²) in [5.41, 5.74) is 1.75. The fourth-order valence-corrected chi connectivity index (χ4v) is 3.00. The molecule has 1 saturated carbocycles. The molecule has 2 aromatic heterocycles. The molecule has 0 aromatic carbocycles. The van der Waals surface area contributed by atoms with Crippen molar-refractivity contribution in [1.82, 2.24) is 20.5 Å². The second kappa shape index (κ2) is 7.26. The third kappa shape index (κ3) is 4.31. The molecule has 1 aliphatic carbocycles. The highest BCUT2D eigenvalue weighted by molar-refractivity contribution is 5.73. The number of aromatic amines is 1. The minimum Gasteiger partial charge on any atom is -0.492 e. The SMILES string of the molecule is CC(=O)N[C@H]1CC[C@H](COc2ccc(-c3ccn[nH]3)nc2)CC1. The summed E-state index contributed by atoms with van der Waals surface area (Å²) in [6.07, 6.45) is 7.70. The van der Waals surface area contributed by atoms with Crippen molar-refractivity contribution >= 4 is 5.91 Å². The number of rotatable bonds is 5. The number of carbonyl (C=O) groups is 1. The first-order valence-electron chi connectivity index (χ1n) is 8.06. The standard InChI is InChI=1S/C17H22N4O2/c1-12(22)20-14-4-2-13(3-5-14)11-23-15-6-7-16(18-10-15)17-8-9-19-21-17/h6-10,13-14H,2-5,11H2,1H3,(H,19,21)(H,20,22)/t13-,14-. The summed E-state index contributed by atoms with van der Waals surface area (Å²) in [5.74, 6) is 1.40. The molecular formula is C17H22N4O2. The summed E-state index contributed by atoms with van der Waals surface area (Å²) < 4.78 is 5.86. The number of carbonyl (C=O) groups excluding carboxylic acids is 1. The van der Waals surface area contributed by atoms with Crippen LogP contribution in [0.2, 0.25) is 0 Å². The van der Waals surface area contributed by atoms with E-state index in [1.807, 2.05) is 18.2 Å². The third-order valence-electron chi connectivity index (χ3n) is 4.25. The van der Waals surface area contributed by atoms with Gasteiger partial charge >= 0.3 is 0 Å². The van der Waals surface area contributed by atoms with Crippen LogP contribution in [0.4, 0.5) is 0 Å². The van der Waals surface area contributed by atoms with Crippen molar-refractivity contribution in [2.45, 2.75) is 38.6 Å². The lowest BCUT2D eigenvalue weighted by molar-refractivity contribution is -0.119. The van der Waals surface area contributed by atoms with Gasteiger partial charge in [-0.15, -0.1) is 0 Å². The second-order valence-corrected chi connectivity index (χ2v) is 6.08. The maximum absolute atomic E-state index is 11.1. The number of ether oxygens (including phenoxy) is 1. The topological polar surface area (TPSA) is 79.9 Å². The molecule has 0 aliphatic heterocycles. The van der Waals surface area contributed by atoms with Crippen LogP contribution < -0.4 is 10.1 Å². The Kier molecular flexibility index (Phi) is 4.90. The van der Waals surface area contributed by atoms with Gasteiger partial charge in [0.15, 0.2) is 0 Å². The van der Waals surface area contributed by atoms with Crippen LogP contribution in [0.15, 0.2) is 30.6 Å². The summed E-state index contributed by atoms with van der Waals surface area (Å²) in [6.45, 7) is 2.28. The average Bonchev–Trinajstić information content (AvgIpc) is 3.09. The van der Waals surface area contributed by atoms with Gasteiger partial charge in [-0.1, -0.05) is 0 Å². The van der Waals surface area contributed by atoms with E-state index in [1.54, 1.807) is 19.3 Å². The Hall–Kier alpha value is -2.37. The molecule has 2 heterocycles. The predicted molar refractivity (Wildman–Crippen MR) is 86.9 cm³/mol. The molecule has 6 nitrogen and oxygen atoms in total. The number of H-pyrrole nitrogens is 1. The number of pyridine rings is 1. The quantitative estimate of drug-likeness (QED) is 0.889. The van der Waals surface area contributed by atoms with Gasteiger partial charge in [0, 0.05) is 19.2 Å². The van der Waals surface area contributed by atoms with E-state index >= 15 is 0 Å². The minimum absolute atomic E-state index is 0.0631. The largest absolute Gasteiger partial charge is 0.492 e. The molecule has 0 radical (unpaired) electrons. The normalized spacial score (nSPS) is 20.9. The van der Waals surface area contributed by atoms with Gasteiger partial charge in [-0.3, -0.25) is 14.9 Å². The van der Waals surface area contributed by atoms with E-state index < -0.39 is 0 Å². The van der Waals surface area contributed by atoms with Crippen molar-refractivity contribution in [1.29, 1.82) is 0 Å². The lowest BCUT2D eigenvalue weighted by atomic mass is 9.86. The van der Waals surface area contributed by atoms with Crippen LogP contribution in [0.3, 0.4) is 0 Å². The number of nitrogens with zero attached hydrogens (tertiary/aromatic N) is 2.